The first-order chi connectivity index (χ1) is 11.3. The van der Waals surface area contributed by atoms with Gasteiger partial charge in [-0.2, -0.15) is 0 Å². The SMILES string of the molecule is Cc1cc(Cl)ccc1O[C@@H](C)C(=O)Nc1cc(Cl)ccc1C(=O)[O-]. The van der Waals surface area contributed by atoms with E-state index in [1.807, 2.05) is 0 Å². The average molecular weight is 367 g/mol. The van der Waals surface area contributed by atoms with Crippen LogP contribution >= 0.6 is 23.2 Å². The maximum absolute atomic E-state index is 12.3. The van der Waals surface area contributed by atoms with E-state index in [0.717, 1.165) is 5.56 Å². The molecule has 0 bridgehead atoms. The van der Waals surface area contributed by atoms with Crippen molar-refractivity contribution in [2.24, 2.45) is 0 Å². The second-order valence-electron chi connectivity index (χ2n) is 5.14. The number of carboxylic acids is 1. The molecule has 126 valence electrons. The maximum Gasteiger partial charge on any atom is 0.265 e. The van der Waals surface area contributed by atoms with Crippen LogP contribution in [0, 0.1) is 6.92 Å². The highest BCUT2D eigenvalue weighted by molar-refractivity contribution is 6.31. The van der Waals surface area contributed by atoms with Gasteiger partial charge in [0.2, 0.25) is 0 Å². The highest BCUT2D eigenvalue weighted by Gasteiger charge is 2.18. The number of ether oxygens (including phenoxy) is 1. The van der Waals surface area contributed by atoms with Gasteiger partial charge in [-0.25, -0.2) is 0 Å². The van der Waals surface area contributed by atoms with Crippen molar-refractivity contribution in [1.29, 1.82) is 0 Å². The second kappa shape index (κ2) is 7.55. The molecule has 0 fully saturated rings. The van der Waals surface area contributed by atoms with E-state index in [1.54, 1.807) is 32.0 Å². The lowest BCUT2D eigenvalue weighted by molar-refractivity contribution is -0.254. The molecule has 24 heavy (non-hydrogen) atoms. The van der Waals surface area contributed by atoms with Crippen LogP contribution in [0.15, 0.2) is 36.4 Å². The van der Waals surface area contributed by atoms with Crippen molar-refractivity contribution in [2.75, 3.05) is 5.32 Å². The molecule has 1 atom stereocenters. The lowest BCUT2D eigenvalue weighted by Gasteiger charge is -2.18. The van der Waals surface area contributed by atoms with Crippen molar-refractivity contribution < 1.29 is 19.4 Å². The lowest BCUT2D eigenvalue weighted by atomic mass is 10.1. The van der Waals surface area contributed by atoms with Crippen LogP contribution in [-0.4, -0.2) is 18.0 Å². The molecule has 0 saturated heterocycles. The van der Waals surface area contributed by atoms with E-state index < -0.39 is 18.0 Å². The Morgan fingerprint density at radius 1 is 1.12 bits per heavy atom. The third-order valence-corrected chi connectivity index (χ3v) is 3.74. The van der Waals surface area contributed by atoms with Crippen LogP contribution in [0.4, 0.5) is 5.69 Å². The van der Waals surface area contributed by atoms with Crippen LogP contribution in [0.3, 0.4) is 0 Å². The van der Waals surface area contributed by atoms with Crippen LogP contribution in [0.2, 0.25) is 10.0 Å². The van der Waals surface area contributed by atoms with E-state index in [9.17, 15) is 14.7 Å². The van der Waals surface area contributed by atoms with Crippen molar-refractivity contribution in [3.8, 4) is 5.75 Å². The number of carboxylic acid groups (broad SMARTS) is 1. The number of halogens is 2. The van der Waals surface area contributed by atoms with E-state index in [2.05, 4.69) is 5.32 Å². The van der Waals surface area contributed by atoms with Gasteiger partial charge in [-0.05, 0) is 55.8 Å². The molecule has 1 N–H and O–H groups in total. The fourth-order valence-electron chi connectivity index (χ4n) is 2.02. The van der Waals surface area contributed by atoms with Crippen molar-refractivity contribution in [2.45, 2.75) is 20.0 Å². The number of hydrogen-bond acceptors (Lipinski definition) is 4. The molecule has 2 rings (SSSR count). The Kier molecular flexibility index (Phi) is 5.70. The number of aromatic carboxylic acids is 1. The van der Waals surface area contributed by atoms with E-state index in [4.69, 9.17) is 27.9 Å². The Bertz CT molecular complexity index is 792. The van der Waals surface area contributed by atoms with E-state index >= 15 is 0 Å². The molecule has 0 aliphatic heterocycles. The number of aryl methyl sites for hydroxylation is 1. The Balaban J connectivity index is 2.14. The summed E-state index contributed by atoms with van der Waals surface area (Å²) < 4.78 is 5.60. The molecule has 0 aliphatic rings. The van der Waals surface area contributed by atoms with E-state index in [0.29, 0.717) is 10.8 Å². The summed E-state index contributed by atoms with van der Waals surface area (Å²) >= 11 is 11.7. The number of benzene rings is 2. The molecular weight excluding hydrogens is 353 g/mol. The van der Waals surface area contributed by atoms with Crippen LogP contribution in [0.25, 0.3) is 0 Å². The molecule has 2 aromatic carbocycles. The van der Waals surface area contributed by atoms with Gasteiger partial charge in [-0.1, -0.05) is 23.2 Å². The quantitative estimate of drug-likeness (QED) is 0.881. The monoisotopic (exact) mass is 366 g/mol. The molecule has 5 nitrogen and oxygen atoms in total. The molecule has 0 unspecified atom stereocenters. The summed E-state index contributed by atoms with van der Waals surface area (Å²) in [5.41, 5.74) is 0.665. The zero-order valence-corrected chi connectivity index (χ0v) is 14.4. The summed E-state index contributed by atoms with van der Waals surface area (Å²) in [4.78, 5) is 23.4. The predicted molar refractivity (Wildman–Crippen MR) is 90.7 cm³/mol. The standard InChI is InChI=1S/C17H15Cl2NO4/c1-9-7-11(18)4-6-15(9)24-10(2)16(21)20-14-8-12(19)3-5-13(14)17(22)23/h3-8,10H,1-2H3,(H,20,21)(H,22,23)/p-1/t10-/m0/s1. The molecule has 0 heterocycles. The van der Waals surface area contributed by atoms with Crippen LogP contribution < -0.4 is 15.2 Å². The average Bonchev–Trinajstić information content (AvgIpc) is 2.49. The Morgan fingerprint density at radius 3 is 2.38 bits per heavy atom. The minimum Gasteiger partial charge on any atom is -0.545 e. The highest BCUT2D eigenvalue weighted by atomic mass is 35.5. The number of anilines is 1. The third-order valence-electron chi connectivity index (χ3n) is 3.27. The van der Waals surface area contributed by atoms with Gasteiger partial charge in [0.05, 0.1) is 11.7 Å². The summed E-state index contributed by atoms with van der Waals surface area (Å²) in [5.74, 6) is -1.42. The Labute approximate surface area is 149 Å². The number of nitrogens with one attached hydrogen (secondary N) is 1. The summed E-state index contributed by atoms with van der Waals surface area (Å²) in [7, 11) is 0. The smallest absolute Gasteiger partial charge is 0.265 e. The molecule has 2 aromatic rings. The molecule has 0 radical (unpaired) electrons. The van der Waals surface area contributed by atoms with Gasteiger partial charge in [-0.3, -0.25) is 4.79 Å². The first kappa shape index (κ1) is 18.1. The zero-order chi connectivity index (χ0) is 17.9. The van der Waals surface area contributed by atoms with Crippen molar-refractivity contribution >= 4 is 40.8 Å². The molecule has 0 aliphatic carbocycles. The van der Waals surface area contributed by atoms with Crippen LogP contribution in [-0.2, 0) is 4.79 Å². The normalized spacial score (nSPS) is 11.7. The van der Waals surface area contributed by atoms with E-state index in [1.165, 1.54) is 18.2 Å². The number of carbonyl (C=O) groups excluding carboxylic acids is 2. The minimum absolute atomic E-state index is 0.0516. The fraction of sp³-hybridized carbons (Fsp3) is 0.176. The van der Waals surface area contributed by atoms with Gasteiger partial charge in [-0.15, -0.1) is 0 Å². The Morgan fingerprint density at radius 2 is 1.75 bits per heavy atom. The zero-order valence-electron chi connectivity index (χ0n) is 12.9. The van der Waals surface area contributed by atoms with Crippen LogP contribution in [0.1, 0.15) is 22.8 Å². The van der Waals surface area contributed by atoms with Crippen molar-refractivity contribution in [3.05, 3.63) is 57.6 Å². The van der Waals surface area contributed by atoms with Gasteiger partial charge >= 0.3 is 0 Å². The molecule has 0 saturated carbocycles. The topological polar surface area (TPSA) is 78.5 Å². The fourth-order valence-corrected chi connectivity index (χ4v) is 2.42. The van der Waals surface area contributed by atoms with Crippen molar-refractivity contribution in [1.82, 2.24) is 0 Å². The summed E-state index contributed by atoms with van der Waals surface area (Å²) in [6.07, 6.45) is -0.863. The number of rotatable bonds is 5. The molecule has 0 aromatic heterocycles. The van der Waals surface area contributed by atoms with Crippen molar-refractivity contribution in [3.63, 3.8) is 0 Å². The van der Waals surface area contributed by atoms with E-state index in [-0.39, 0.29) is 16.3 Å². The summed E-state index contributed by atoms with van der Waals surface area (Å²) in [6, 6.07) is 9.03. The maximum atomic E-state index is 12.3. The molecular formula is C17H14Cl2NO4-. The lowest BCUT2D eigenvalue weighted by Crippen LogP contribution is -2.32. The first-order valence-electron chi connectivity index (χ1n) is 7.02. The van der Waals surface area contributed by atoms with Gasteiger partial charge in [0.25, 0.3) is 5.91 Å². The first-order valence-corrected chi connectivity index (χ1v) is 7.78. The largest absolute Gasteiger partial charge is 0.545 e. The molecule has 7 heteroatoms. The van der Waals surface area contributed by atoms with Gasteiger partial charge in [0, 0.05) is 15.6 Å². The minimum atomic E-state index is -1.41. The predicted octanol–water partition coefficient (Wildman–Crippen LogP) is 3.07. The molecule has 1 amide bonds. The number of amides is 1. The third kappa shape index (κ3) is 4.40. The molecule has 0 spiro atoms. The van der Waals surface area contributed by atoms with Gasteiger partial charge in [0.15, 0.2) is 6.10 Å². The highest BCUT2D eigenvalue weighted by Crippen LogP contribution is 2.24. The number of carbonyl (C=O) groups is 2. The van der Waals surface area contributed by atoms with Gasteiger partial charge in [0.1, 0.15) is 5.75 Å². The summed E-state index contributed by atoms with van der Waals surface area (Å²) in [6.45, 7) is 3.35. The van der Waals surface area contributed by atoms with Crippen LogP contribution in [0.5, 0.6) is 5.75 Å². The Hall–Kier alpha value is -2.24. The second-order valence-corrected chi connectivity index (χ2v) is 6.01. The number of hydrogen-bond donors (Lipinski definition) is 1. The summed E-state index contributed by atoms with van der Waals surface area (Å²) in [5, 5.41) is 14.4. The van der Waals surface area contributed by atoms with Gasteiger partial charge < -0.3 is 20.0 Å².